The fourth-order valence-electron chi connectivity index (χ4n) is 1.59. The maximum absolute atomic E-state index is 12.1. The second-order valence-corrected chi connectivity index (χ2v) is 5.82. The van der Waals surface area contributed by atoms with E-state index < -0.39 is 11.4 Å². The van der Waals surface area contributed by atoms with Gasteiger partial charge in [0.1, 0.15) is 5.56 Å². The first-order valence-electron chi connectivity index (χ1n) is 5.60. The van der Waals surface area contributed by atoms with Crippen molar-refractivity contribution in [3.05, 3.63) is 22.1 Å². The summed E-state index contributed by atoms with van der Waals surface area (Å²) in [5.74, 6) is 0.300. The van der Waals surface area contributed by atoms with Gasteiger partial charge >= 0.3 is 0 Å². The van der Waals surface area contributed by atoms with Crippen LogP contribution in [0.25, 0.3) is 0 Å². The van der Waals surface area contributed by atoms with E-state index in [0.29, 0.717) is 11.7 Å². The van der Waals surface area contributed by atoms with Crippen molar-refractivity contribution in [3.63, 3.8) is 0 Å². The highest BCUT2D eigenvalue weighted by atomic mass is 32.2. The van der Waals surface area contributed by atoms with Crippen molar-refractivity contribution in [2.75, 3.05) is 12.4 Å². The molecule has 0 atom stereocenters. The molecule has 1 aliphatic heterocycles. The summed E-state index contributed by atoms with van der Waals surface area (Å²) in [6.07, 6.45) is 1.30. The lowest BCUT2D eigenvalue weighted by atomic mass is 10.1. The third-order valence-electron chi connectivity index (χ3n) is 2.65. The summed E-state index contributed by atoms with van der Waals surface area (Å²) in [6, 6.07) is 0. The molecule has 1 amide bonds. The monoisotopic (exact) mass is 269 g/mol. The summed E-state index contributed by atoms with van der Waals surface area (Å²) < 4.78 is 1.51. The second-order valence-electron chi connectivity index (χ2n) is 4.76. The van der Waals surface area contributed by atoms with Gasteiger partial charge in [0.2, 0.25) is 0 Å². The Bertz CT molecular complexity index is 539. The molecule has 1 aromatic rings. The summed E-state index contributed by atoms with van der Waals surface area (Å²) in [7, 11) is 0. The van der Waals surface area contributed by atoms with Gasteiger partial charge in [0.15, 0.2) is 5.16 Å². The molecule has 7 heteroatoms. The maximum atomic E-state index is 12.1. The average molecular weight is 269 g/mol. The number of amides is 1. The molecule has 0 saturated heterocycles. The quantitative estimate of drug-likeness (QED) is 0.746. The molecule has 0 aromatic carbocycles. The van der Waals surface area contributed by atoms with E-state index in [0.717, 1.165) is 5.75 Å². The number of rotatable bonds is 3. The Morgan fingerprint density at radius 2 is 2.39 bits per heavy atom. The number of nitrogens with zero attached hydrogens (tertiary/aromatic N) is 2. The Hall–Kier alpha value is -1.34. The first-order chi connectivity index (χ1) is 8.44. The van der Waals surface area contributed by atoms with E-state index in [-0.39, 0.29) is 17.7 Å². The Morgan fingerprint density at radius 1 is 1.67 bits per heavy atom. The van der Waals surface area contributed by atoms with E-state index in [1.54, 1.807) is 13.8 Å². The second kappa shape index (κ2) is 4.74. The molecule has 2 N–H and O–H groups in total. The van der Waals surface area contributed by atoms with Crippen molar-refractivity contribution in [3.8, 4) is 0 Å². The SMILES string of the molecule is CC(C)(CO)NC(=O)c1cnc2n(c1=O)CCS2. The predicted molar refractivity (Wildman–Crippen MR) is 67.9 cm³/mol. The molecule has 2 rings (SSSR count). The Labute approximate surface area is 108 Å². The molecule has 1 aliphatic rings. The molecule has 0 fully saturated rings. The number of aliphatic hydroxyl groups is 1. The number of aliphatic hydroxyl groups excluding tert-OH is 1. The lowest BCUT2D eigenvalue weighted by Gasteiger charge is -2.23. The van der Waals surface area contributed by atoms with Crippen LogP contribution in [0.4, 0.5) is 0 Å². The van der Waals surface area contributed by atoms with Crippen LogP contribution in [-0.2, 0) is 6.54 Å². The maximum Gasteiger partial charge on any atom is 0.267 e. The minimum Gasteiger partial charge on any atom is -0.394 e. The van der Waals surface area contributed by atoms with E-state index in [1.807, 2.05) is 0 Å². The largest absolute Gasteiger partial charge is 0.394 e. The van der Waals surface area contributed by atoms with E-state index in [4.69, 9.17) is 5.11 Å². The molecule has 0 saturated carbocycles. The van der Waals surface area contributed by atoms with E-state index in [2.05, 4.69) is 10.3 Å². The third-order valence-corrected chi connectivity index (χ3v) is 3.62. The lowest BCUT2D eigenvalue weighted by molar-refractivity contribution is 0.0866. The molecule has 2 heterocycles. The van der Waals surface area contributed by atoms with Crippen LogP contribution in [0.5, 0.6) is 0 Å². The number of aromatic nitrogens is 2. The predicted octanol–water partition coefficient (Wildman–Crippen LogP) is -0.150. The standard InChI is InChI=1S/C11H15N3O3S/c1-11(2,6-15)13-8(16)7-5-12-10-14(9(7)17)3-4-18-10/h5,15H,3-4,6H2,1-2H3,(H,13,16). The number of hydrogen-bond donors (Lipinski definition) is 2. The van der Waals surface area contributed by atoms with Crippen molar-refractivity contribution in [1.29, 1.82) is 0 Å². The third kappa shape index (κ3) is 2.41. The molecule has 0 unspecified atom stereocenters. The first kappa shape index (κ1) is 13.1. The number of fused-ring (bicyclic) bond motifs is 1. The number of nitrogens with one attached hydrogen (secondary N) is 1. The topological polar surface area (TPSA) is 84.2 Å². The fourth-order valence-corrected chi connectivity index (χ4v) is 2.50. The highest BCUT2D eigenvalue weighted by molar-refractivity contribution is 7.99. The van der Waals surface area contributed by atoms with E-state index in [1.165, 1.54) is 22.5 Å². The van der Waals surface area contributed by atoms with Gasteiger partial charge in [-0.15, -0.1) is 0 Å². The van der Waals surface area contributed by atoms with Crippen LogP contribution in [0.1, 0.15) is 24.2 Å². The number of hydrogen-bond acceptors (Lipinski definition) is 5. The van der Waals surface area contributed by atoms with Gasteiger partial charge in [-0.05, 0) is 13.8 Å². The highest BCUT2D eigenvalue weighted by Crippen LogP contribution is 2.20. The smallest absolute Gasteiger partial charge is 0.267 e. The van der Waals surface area contributed by atoms with Gasteiger partial charge < -0.3 is 10.4 Å². The number of carbonyl (C=O) groups is 1. The minimum absolute atomic E-state index is 0.0165. The number of thioether (sulfide) groups is 1. The molecule has 0 bridgehead atoms. The van der Waals surface area contributed by atoms with E-state index >= 15 is 0 Å². The van der Waals surface area contributed by atoms with Crippen molar-refractivity contribution in [1.82, 2.24) is 14.9 Å². The summed E-state index contributed by atoms with van der Waals surface area (Å²) in [4.78, 5) is 28.1. The van der Waals surface area contributed by atoms with Gasteiger partial charge in [0.25, 0.3) is 11.5 Å². The molecule has 18 heavy (non-hydrogen) atoms. The molecule has 1 aromatic heterocycles. The summed E-state index contributed by atoms with van der Waals surface area (Å²) in [5, 5.41) is 12.4. The van der Waals surface area contributed by atoms with Crippen LogP contribution in [0.2, 0.25) is 0 Å². The highest BCUT2D eigenvalue weighted by Gasteiger charge is 2.24. The van der Waals surface area contributed by atoms with Gasteiger partial charge in [-0.2, -0.15) is 0 Å². The zero-order valence-corrected chi connectivity index (χ0v) is 11.1. The molecule has 98 valence electrons. The molecule has 0 aliphatic carbocycles. The molecule has 6 nitrogen and oxygen atoms in total. The number of carbonyl (C=O) groups excluding carboxylic acids is 1. The first-order valence-corrected chi connectivity index (χ1v) is 6.59. The van der Waals surface area contributed by atoms with Gasteiger partial charge in [-0.25, -0.2) is 4.98 Å². The molecule has 0 spiro atoms. The van der Waals surface area contributed by atoms with Crippen molar-refractivity contribution in [2.24, 2.45) is 0 Å². The van der Waals surface area contributed by atoms with Crippen LogP contribution in [0.3, 0.4) is 0 Å². The van der Waals surface area contributed by atoms with Gasteiger partial charge in [0.05, 0.1) is 12.1 Å². The van der Waals surface area contributed by atoms with Crippen molar-refractivity contribution < 1.29 is 9.90 Å². The minimum atomic E-state index is -0.762. The van der Waals surface area contributed by atoms with Gasteiger partial charge in [-0.3, -0.25) is 14.2 Å². The van der Waals surface area contributed by atoms with Crippen LogP contribution >= 0.6 is 11.8 Å². The van der Waals surface area contributed by atoms with Gasteiger partial charge in [0, 0.05) is 18.5 Å². The summed E-state index contributed by atoms with van der Waals surface area (Å²) in [5.41, 5.74) is -1.07. The van der Waals surface area contributed by atoms with Crippen LogP contribution < -0.4 is 10.9 Å². The summed E-state index contributed by atoms with van der Waals surface area (Å²) in [6.45, 7) is 3.74. The Kier molecular flexibility index (Phi) is 3.45. The van der Waals surface area contributed by atoms with E-state index in [9.17, 15) is 9.59 Å². The zero-order valence-electron chi connectivity index (χ0n) is 10.3. The summed E-state index contributed by atoms with van der Waals surface area (Å²) >= 11 is 1.50. The van der Waals surface area contributed by atoms with Crippen LogP contribution in [-0.4, -0.2) is 38.5 Å². The Morgan fingerprint density at radius 3 is 3.06 bits per heavy atom. The van der Waals surface area contributed by atoms with Crippen LogP contribution in [0.15, 0.2) is 16.1 Å². The average Bonchev–Trinajstić information content (AvgIpc) is 2.77. The normalized spacial score (nSPS) is 14.4. The van der Waals surface area contributed by atoms with Crippen molar-refractivity contribution in [2.45, 2.75) is 31.1 Å². The lowest BCUT2D eigenvalue weighted by Crippen LogP contribution is -2.48. The van der Waals surface area contributed by atoms with Crippen molar-refractivity contribution >= 4 is 17.7 Å². The zero-order chi connectivity index (χ0) is 13.3. The molecular weight excluding hydrogens is 254 g/mol. The van der Waals surface area contributed by atoms with Gasteiger partial charge in [-0.1, -0.05) is 11.8 Å². The molecule has 0 radical (unpaired) electrons. The van der Waals surface area contributed by atoms with Crippen LogP contribution in [0, 0.1) is 0 Å². The molecular formula is C11H15N3O3S. The fraction of sp³-hybridized carbons (Fsp3) is 0.545. The Balaban J connectivity index is 2.30.